The fourth-order valence-electron chi connectivity index (χ4n) is 9.08. The molecule has 8 heteroatoms. The van der Waals surface area contributed by atoms with Gasteiger partial charge in [-0.15, -0.1) is 0 Å². The van der Waals surface area contributed by atoms with E-state index in [9.17, 15) is 4.79 Å². The Morgan fingerprint density at radius 3 is 1.72 bits per heavy atom. The molecule has 0 N–H and O–H groups in total. The van der Waals surface area contributed by atoms with Crippen LogP contribution in [-0.4, -0.2) is 64.4 Å². The van der Waals surface area contributed by atoms with Gasteiger partial charge in [-0.2, -0.15) is 4.89 Å². The van der Waals surface area contributed by atoms with Gasteiger partial charge in [0, 0.05) is 19.1 Å². The lowest BCUT2D eigenvalue weighted by Crippen LogP contribution is -2.25. The first-order valence-electron chi connectivity index (χ1n) is 21.8. The molecular formula is C46H66O8. The van der Waals surface area contributed by atoms with Crippen molar-refractivity contribution in [2.75, 3.05) is 46.2 Å². The Morgan fingerprint density at radius 2 is 1.11 bits per heavy atom. The van der Waals surface area contributed by atoms with Gasteiger partial charge in [0.25, 0.3) is 0 Å². The van der Waals surface area contributed by atoms with Crippen LogP contribution in [0.25, 0.3) is 11.1 Å². The van der Waals surface area contributed by atoms with E-state index >= 15 is 0 Å². The number of epoxide rings is 2. The number of hydrogen-bond acceptors (Lipinski definition) is 8. The SMILES string of the molecule is CC1c2cc(OOCC3CCC(CCCCCCCOCC4CO4)CC3)ccc2-c2ccc(OC(=O)C3CCC(CCCCCOCC4CO4)CC3)cc21. The molecule has 2 aromatic rings. The second-order valence-corrected chi connectivity index (χ2v) is 17.1. The number of hydrogen-bond donors (Lipinski definition) is 0. The number of fused-ring (bicyclic) bond motifs is 3. The first-order chi connectivity index (χ1) is 26.6. The first kappa shape index (κ1) is 39.7. The summed E-state index contributed by atoms with van der Waals surface area (Å²) in [5.74, 6) is 3.69. The molecule has 0 amide bonds. The number of benzene rings is 2. The lowest BCUT2D eigenvalue weighted by atomic mass is 9.80. The van der Waals surface area contributed by atoms with E-state index in [0.717, 1.165) is 89.3 Å². The van der Waals surface area contributed by atoms with Crippen LogP contribution in [-0.2, 0) is 28.6 Å². The maximum Gasteiger partial charge on any atom is 0.314 e. The fraction of sp³-hybridized carbons (Fsp3) is 0.717. The Hall–Kier alpha value is -2.49. The minimum Gasteiger partial charge on any atom is -0.426 e. The largest absolute Gasteiger partial charge is 0.426 e. The summed E-state index contributed by atoms with van der Waals surface area (Å²) in [6.45, 7) is 7.88. The van der Waals surface area contributed by atoms with Gasteiger partial charge in [-0.1, -0.05) is 83.3 Å². The lowest BCUT2D eigenvalue weighted by molar-refractivity contribution is -0.218. The zero-order chi connectivity index (χ0) is 37.0. The Labute approximate surface area is 324 Å². The number of esters is 1. The molecule has 3 aliphatic carbocycles. The predicted molar refractivity (Wildman–Crippen MR) is 210 cm³/mol. The van der Waals surface area contributed by atoms with E-state index < -0.39 is 0 Å². The third-order valence-electron chi connectivity index (χ3n) is 12.8. The fourth-order valence-corrected chi connectivity index (χ4v) is 9.08. The molecule has 7 rings (SSSR count). The third-order valence-corrected chi connectivity index (χ3v) is 12.8. The zero-order valence-electron chi connectivity index (χ0n) is 32.9. The van der Waals surface area contributed by atoms with Gasteiger partial charge in [0.05, 0.1) is 39.0 Å². The van der Waals surface area contributed by atoms with Crippen molar-refractivity contribution >= 4 is 5.97 Å². The molecule has 54 heavy (non-hydrogen) atoms. The van der Waals surface area contributed by atoms with E-state index in [1.54, 1.807) is 0 Å². The summed E-state index contributed by atoms with van der Waals surface area (Å²) in [6.07, 6.45) is 22.6. The number of carbonyl (C=O) groups is 1. The second-order valence-electron chi connectivity index (χ2n) is 17.1. The Bertz CT molecular complexity index is 1440. The van der Waals surface area contributed by atoms with Crippen LogP contribution in [0.15, 0.2) is 36.4 Å². The van der Waals surface area contributed by atoms with Gasteiger partial charge in [0.1, 0.15) is 18.0 Å². The van der Waals surface area contributed by atoms with Gasteiger partial charge in [0.15, 0.2) is 5.75 Å². The van der Waals surface area contributed by atoms with Crippen molar-refractivity contribution in [3.63, 3.8) is 0 Å². The van der Waals surface area contributed by atoms with Crippen molar-refractivity contribution in [3.8, 4) is 22.6 Å². The molecule has 4 fully saturated rings. The van der Waals surface area contributed by atoms with Crippen LogP contribution >= 0.6 is 0 Å². The smallest absolute Gasteiger partial charge is 0.314 e. The van der Waals surface area contributed by atoms with Crippen LogP contribution in [0.1, 0.15) is 140 Å². The lowest BCUT2D eigenvalue weighted by Gasteiger charge is -2.28. The van der Waals surface area contributed by atoms with Crippen LogP contribution < -0.4 is 9.62 Å². The maximum atomic E-state index is 13.2. The van der Waals surface area contributed by atoms with E-state index in [-0.39, 0.29) is 17.8 Å². The average molecular weight is 747 g/mol. The predicted octanol–water partition coefficient (Wildman–Crippen LogP) is 10.4. The highest BCUT2D eigenvalue weighted by Crippen LogP contribution is 2.47. The standard InChI is InChI=1S/C46H66O8/c1-33-44-26-38(53-46(47)37-18-16-35(17-19-37)11-7-5-9-25-49-30-41-32-51-41)20-22-42(44)43-23-21-39(27-45(33)43)54-52-28-36-14-12-34(13-15-36)10-6-3-2-4-8-24-48-29-40-31-50-40/h20-23,26-27,33-37,40-41H,2-19,24-25,28-32H2,1H3. The summed E-state index contributed by atoms with van der Waals surface area (Å²) in [6, 6.07) is 12.4. The Balaban J connectivity index is 0.753. The van der Waals surface area contributed by atoms with Gasteiger partial charge in [0.2, 0.25) is 0 Å². The van der Waals surface area contributed by atoms with Gasteiger partial charge in [-0.05, 0) is 116 Å². The van der Waals surface area contributed by atoms with Crippen LogP contribution in [0.3, 0.4) is 0 Å². The molecular weight excluding hydrogens is 680 g/mol. The summed E-state index contributed by atoms with van der Waals surface area (Å²) in [5, 5.41) is 0. The van der Waals surface area contributed by atoms with E-state index in [0.29, 0.717) is 30.5 Å². The molecule has 298 valence electrons. The quantitative estimate of drug-likeness (QED) is 0.0262. The van der Waals surface area contributed by atoms with Crippen LogP contribution in [0.2, 0.25) is 0 Å². The topological polar surface area (TPSA) is 88.3 Å². The van der Waals surface area contributed by atoms with Crippen molar-refractivity contribution in [3.05, 3.63) is 47.5 Å². The van der Waals surface area contributed by atoms with Crippen LogP contribution in [0, 0.1) is 23.7 Å². The Kier molecular flexibility index (Phi) is 15.2. The number of ether oxygens (including phenoxy) is 5. The molecule has 0 spiro atoms. The molecule has 2 saturated carbocycles. The van der Waals surface area contributed by atoms with Crippen molar-refractivity contribution in [2.45, 2.75) is 141 Å². The van der Waals surface area contributed by atoms with E-state index in [1.807, 2.05) is 12.1 Å². The molecule has 0 bridgehead atoms. The summed E-state index contributed by atoms with van der Waals surface area (Å²) in [5.41, 5.74) is 4.85. The maximum absolute atomic E-state index is 13.2. The van der Waals surface area contributed by atoms with Gasteiger partial charge in [-0.3, -0.25) is 4.79 Å². The van der Waals surface area contributed by atoms with E-state index in [4.69, 9.17) is 33.5 Å². The molecule has 5 aliphatic rings. The summed E-state index contributed by atoms with van der Waals surface area (Å²) in [7, 11) is 0. The Morgan fingerprint density at radius 1 is 0.611 bits per heavy atom. The summed E-state index contributed by atoms with van der Waals surface area (Å²) >= 11 is 0. The minimum absolute atomic E-state index is 0.000876. The number of unbranched alkanes of at least 4 members (excludes halogenated alkanes) is 6. The summed E-state index contributed by atoms with van der Waals surface area (Å²) < 4.78 is 27.7. The average Bonchev–Trinajstić information content (AvgIpc) is 4.15. The second kappa shape index (κ2) is 20.6. The van der Waals surface area contributed by atoms with E-state index in [1.165, 1.54) is 106 Å². The van der Waals surface area contributed by atoms with E-state index in [2.05, 4.69) is 31.2 Å². The summed E-state index contributed by atoms with van der Waals surface area (Å²) in [4.78, 5) is 24.9. The van der Waals surface area contributed by atoms with Crippen molar-refractivity contribution in [1.29, 1.82) is 0 Å². The highest BCUT2D eigenvalue weighted by molar-refractivity contribution is 5.81. The molecule has 0 radical (unpaired) electrons. The molecule has 2 heterocycles. The molecule has 2 aromatic carbocycles. The van der Waals surface area contributed by atoms with Crippen molar-refractivity contribution in [1.82, 2.24) is 0 Å². The number of carbonyl (C=O) groups excluding carboxylic acids is 1. The van der Waals surface area contributed by atoms with Gasteiger partial charge in [-0.25, -0.2) is 0 Å². The van der Waals surface area contributed by atoms with Gasteiger partial charge >= 0.3 is 5.97 Å². The first-order valence-corrected chi connectivity index (χ1v) is 21.8. The zero-order valence-corrected chi connectivity index (χ0v) is 32.9. The molecule has 2 aliphatic heterocycles. The molecule has 3 unspecified atom stereocenters. The number of rotatable bonds is 24. The van der Waals surface area contributed by atoms with Gasteiger partial charge < -0.3 is 28.6 Å². The van der Waals surface area contributed by atoms with Crippen molar-refractivity contribution < 1.29 is 38.3 Å². The minimum atomic E-state index is -0.0713. The van der Waals surface area contributed by atoms with Crippen LogP contribution in [0.5, 0.6) is 11.5 Å². The monoisotopic (exact) mass is 746 g/mol. The molecule has 3 atom stereocenters. The highest BCUT2D eigenvalue weighted by atomic mass is 17.2. The molecule has 2 saturated heterocycles. The highest BCUT2D eigenvalue weighted by Gasteiger charge is 2.30. The molecule has 0 aromatic heterocycles. The molecule has 8 nitrogen and oxygen atoms in total. The normalized spacial score (nSPS) is 26.9. The van der Waals surface area contributed by atoms with Crippen LogP contribution in [0.4, 0.5) is 0 Å². The van der Waals surface area contributed by atoms with Crippen molar-refractivity contribution in [2.24, 2.45) is 23.7 Å². The third kappa shape index (κ3) is 12.3.